The van der Waals surface area contributed by atoms with Crippen LogP contribution in [0.1, 0.15) is 35.7 Å². The van der Waals surface area contributed by atoms with E-state index in [4.69, 9.17) is 4.42 Å². The highest BCUT2D eigenvalue weighted by Gasteiger charge is 2.31. The van der Waals surface area contributed by atoms with Gasteiger partial charge in [-0.3, -0.25) is 4.79 Å². The van der Waals surface area contributed by atoms with E-state index < -0.39 is 11.4 Å². The average Bonchev–Trinajstić information content (AvgIpc) is 3.67. The minimum atomic E-state index is -0.601. The molecule has 2 aromatic heterocycles. The molecule has 36 heavy (non-hydrogen) atoms. The summed E-state index contributed by atoms with van der Waals surface area (Å²) >= 11 is 0. The van der Waals surface area contributed by atoms with E-state index in [2.05, 4.69) is 10.6 Å². The summed E-state index contributed by atoms with van der Waals surface area (Å²) in [4.78, 5) is 26.8. The maximum absolute atomic E-state index is 14.8. The van der Waals surface area contributed by atoms with Gasteiger partial charge in [-0.2, -0.15) is 0 Å². The number of anilines is 3. The van der Waals surface area contributed by atoms with Crippen LogP contribution in [0.2, 0.25) is 0 Å². The van der Waals surface area contributed by atoms with E-state index in [0.29, 0.717) is 17.8 Å². The van der Waals surface area contributed by atoms with E-state index >= 15 is 0 Å². The van der Waals surface area contributed by atoms with Crippen molar-refractivity contribution < 1.29 is 13.9 Å². The summed E-state index contributed by atoms with van der Waals surface area (Å²) in [6, 6.07) is 12.3. The van der Waals surface area contributed by atoms with Gasteiger partial charge in [0, 0.05) is 29.5 Å². The molecule has 1 aliphatic carbocycles. The van der Waals surface area contributed by atoms with Crippen LogP contribution in [0.4, 0.5) is 21.5 Å². The number of fused-ring (bicyclic) bond motifs is 1. The Bertz CT molecular complexity index is 1600. The normalized spacial score (nSPS) is 13.2. The Kier molecular flexibility index (Phi) is 6.14. The third-order valence-electron chi connectivity index (χ3n) is 6.62. The number of pyridine rings is 1. The van der Waals surface area contributed by atoms with Crippen molar-refractivity contribution in [3.05, 3.63) is 85.9 Å². The molecule has 0 aliphatic heterocycles. The second kappa shape index (κ2) is 9.28. The average molecular weight is 490 g/mol. The summed E-state index contributed by atoms with van der Waals surface area (Å²) in [6.45, 7) is 5.58. The second-order valence-corrected chi connectivity index (χ2v) is 9.30. The van der Waals surface area contributed by atoms with Gasteiger partial charge in [-0.25, -0.2) is 9.18 Å². The van der Waals surface area contributed by atoms with E-state index in [-0.39, 0.29) is 46.1 Å². The molecule has 8 heteroatoms. The van der Waals surface area contributed by atoms with E-state index in [9.17, 15) is 19.1 Å². The summed E-state index contributed by atoms with van der Waals surface area (Å²) in [6.07, 6.45) is 1.77. The number of aromatic nitrogens is 1. The molecule has 186 valence electrons. The Morgan fingerprint density at radius 1 is 1.11 bits per heavy atom. The highest BCUT2D eigenvalue weighted by Crippen LogP contribution is 2.41. The smallest absolute Gasteiger partial charge is 0.341 e. The molecule has 4 aromatic rings. The number of nitrogens with one attached hydrogen (secondary N) is 2. The van der Waals surface area contributed by atoms with Crippen molar-refractivity contribution >= 4 is 28.0 Å². The van der Waals surface area contributed by atoms with Crippen LogP contribution in [0.3, 0.4) is 0 Å². The highest BCUT2D eigenvalue weighted by atomic mass is 19.1. The Morgan fingerprint density at radius 3 is 2.58 bits per heavy atom. The van der Waals surface area contributed by atoms with Crippen molar-refractivity contribution in [1.29, 1.82) is 0 Å². The number of hydrogen-bond acceptors (Lipinski definition) is 6. The van der Waals surface area contributed by atoms with E-state index in [1.165, 1.54) is 6.07 Å². The number of aliphatic hydroxyl groups is 1. The predicted octanol–water partition coefficient (Wildman–Crippen LogP) is 5.17. The lowest BCUT2D eigenvalue weighted by molar-refractivity contribution is 0.311. The number of rotatable bonds is 7. The Labute approximate surface area is 207 Å². The zero-order valence-electron chi connectivity index (χ0n) is 20.4. The largest absolute Gasteiger partial charge is 0.421 e. The first-order valence-electron chi connectivity index (χ1n) is 12.0. The van der Waals surface area contributed by atoms with Gasteiger partial charge in [0.25, 0.3) is 5.56 Å². The van der Waals surface area contributed by atoms with Gasteiger partial charge >= 0.3 is 5.63 Å². The van der Waals surface area contributed by atoms with Gasteiger partial charge in [-0.1, -0.05) is 18.2 Å². The van der Waals surface area contributed by atoms with Crippen LogP contribution in [0.5, 0.6) is 0 Å². The first-order chi connectivity index (χ1) is 17.3. The number of nitrogens with zero attached hydrogens (tertiary/aromatic N) is 1. The van der Waals surface area contributed by atoms with Gasteiger partial charge in [-0.05, 0) is 69.0 Å². The molecule has 2 aromatic carbocycles. The summed E-state index contributed by atoms with van der Waals surface area (Å²) in [5.74, 6) is -0.478. The second-order valence-electron chi connectivity index (χ2n) is 9.30. The van der Waals surface area contributed by atoms with Crippen molar-refractivity contribution in [2.75, 3.05) is 23.8 Å². The molecule has 5 rings (SSSR count). The van der Waals surface area contributed by atoms with Crippen LogP contribution in [0, 0.1) is 26.6 Å². The van der Waals surface area contributed by atoms with Crippen molar-refractivity contribution in [3.63, 3.8) is 0 Å². The monoisotopic (exact) mass is 489 g/mol. The zero-order valence-corrected chi connectivity index (χ0v) is 20.4. The molecular formula is C28H28FN3O4. The quantitative estimate of drug-likeness (QED) is 0.332. The molecule has 0 amide bonds. The molecule has 0 saturated heterocycles. The predicted molar refractivity (Wildman–Crippen MR) is 140 cm³/mol. The van der Waals surface area contributed by atoms with Crippen LogP contribution in [0.25, 0.3) is 22.1 Å². The lowest BCUT2D eigenvalue weighted by Crippen LogP contribution is -2.25. The van der Waals surface area contributed by atoms with Crippen LogP contribution in [0.15, 0.2) is 56.5 Å². The maximum atomic E-state index is 14.8. The van der Waals surface area contributed by atoms with Crippen LogP contribution in [-0.2, 0) is 0 Å². The fourth-order valence-electron chi connectivity index (χ4n) is 4.67. The van der Waals surface area contributed by atoms with Crippen molar-refractivity contribution in [1.82, 2.24) is 4.57 Å². The number of hydrogen-bond donors (Lipinski definition) is 3. The minimum Gasteiger partial charge on any atom is -0.421 e. The molecule has 0 spiro atoms. The van der Waals surface area contributed by atoms with Gasteiger partial charge < -0.3 is 24.7 Å². The lowest BCUT2D eigenvalue weighted by atomic mass is 9.99. The molecule has 1 saturated carbocycles. The Morgan fingerprint density at radius 2 is 1.89 bits per heavy atom. The summed E-state index contributed by atoms with van der Waals surface area (Å²) in [5.41, 5.74) is 3.56. The number of benzene rings is 2. The number of aryl methyl sites for hydroxylation is 1. The van der Waals surface area contributed by atoms with Gasteiger partial charge in [0.05, 0.1) is 23.5 Å². The highest BCUT2D eigenvalue weighted by molar-refractivity contribution is 6.01. The number of halogens is 1. The Hall–Kier alpha value is -3.91. The minimum absolute atomic E-state index is 0.0164. The molecule has 7 nitrogen and oxygen atoms in total. The molecular weight excluding hydrogens is 461 g/mol. The molecule has 1 fully saturated rings. The number of aliphatic hydroxyl groups excluding tert-OH is 1. The molecule has 0 atom stereocenters. The van der Waals surface area contributed by atoms with Gasteiger partial charge in [0.2, 0.25) is 0 Å². The molecule has 2 heterocycles. The molecule has 0 unspecified atom stereocenters. The first kappa shape index (κ1) is 23.8. The van der Waals surface area contributed by atoms with Crippen LogP contribution in [-0.4, -0.2) is 22.8 Å². The molecule has 3 N–H and O–H groups in total. The van der Waals surface area contributed by atoms with Gasteiger partial charge in [-0.15, -0.1) is 0 Å². The molecule has 0 bridgehead atoms. The standard InChI is InChI=1S/C28H28FN3O4/c1-15-7-10-22(21(29)13-15)31-25-16(2)28(35)36-26-23(18-5-4-6-19(14-18)30-11-12-33)17(3)32(20-8-9-20)27(34)24(25)26/h4-7,10,13-14,20,30-31,33H,8-9,11-12H2,1-3H3. The topological polar surface area (TPSA) is 96.5 Å². The molecule has 0 radical (unpaired) electrons. The first-order valence-corrected chi connectivity index (χ1v) is 12.0. The SMILES string of the molecule is Cc1ccc(Nc2c(C)c(=O)oc3c(-c4cccc(NCCO)c4)c(C)n(C4CC4)c(=O)c23)c(F)c1. The van der Waals surface area contributed by atoms with E-state index in [0.717, 1.165) is 29.7 Å². The third kappa shape index (κ3) is 4.18. The van der Waals surface area contributed by atoms with E-state index in [1.807, 2.05) is 31.2 Å². The summed E-state index contributed by atoms with van der Waals surface area (Å²) < 4.78 is 22.3. The third-order valence-corrected chi connectivity index (χ3v) is 6.62. The van der Waals surface area contributed by atoms with Gasteiger partial charge in [0.15, 0.2) is 5.58 Å². The Balaban J connectivity index is 1.82. The lowest BCUT2D eigenvalue weighted by Gasteiger charge is -2.20. The fraction of sp³-hybridized carbons (Fsp3) is 0.286. The van der Waals surface area contributed by atoms with E-state index in [1.54, 1.807) is 30.5 Å². The fourth-order valence-corrected chi connectivity index (χ4v) is 4.67. The summed E-state index contributed by atoms with van der Waals surface area (Å²) in [5, 5.41) is 15.6. The maximum Gasteiger partial charge on any atom is 0.341 e. The zero-order chi connectivity index (χ0) is 25.6. The van der Waals surface area contributed by atoms with Crippen LogP contribution >= 0.6 is 0 Å². The van der Waals surface area contributed by atoms with Crippen molar-refractivity contribution in [2.45, 2.75) is 39.7 Å². The van der Waals surface area contributed by atoms with Crippen LogP contribution < -0.4 is 21.8 Å². The molecule has 1 aliphatic rings. The van der Waals surface area contributed by atoms with Gasteiger partial charge in [0.1, 0.15) is 11.2 Å². The van der Waals surface area contributed by atoms with Crippen molar-refractivity contribution in [3.8, 4) is 11.1 Å². The summed E-state index contributed by atoms with van der Waals surface area (Å²) in [7, 11) is 0. The van der Waals surface area contributed by atoms with Crippen molar-refractivity contribution in [2.24, 2.45) is 0 Å².